The predicted octanol–water partition coefficient (Wildman–Crippen LogP) is 2.14. The first-order valence-electron chi connectivity index (χ1n) is 5.28. The summed E-state index contributed by atoms with van der Waals surface area (Å²) in [4.78, 5) is 0. The van der Waals surface area contributed by atoms with Gasteiger partial charge in [-0.25, -0.2) is 0 Å². The quantitative estimate of drug-likeness (QED) is 0.607. The van der Waals surface area contributed by atoms with Gasteiger partial charge >= 0.3 is 0 Å². The first kappa shape index (κ1) is 7.81. The first-order chi connectivity index (χ1) is 6.29. The minimum Gasteiger partial charge on any atom is -0.388 e. The van der Waals surface area contributed by atoms with Gasteiger partial charge in [-0.1, -0.05) is 18.2 Å². The van der Waals surface area contributed by atoms with E-state index in [2.05, 4.69) is 18.7 Å². The summed E-state index contributed by atoms with van der Waals surface area (Å²) in [6.07, 6.45) is 9.93. The van der Waals surface area contributed by atoms with Crippen LogP contribution in [-0.2, 0) is 0 Å². The van der Waals surface area contributed by atoms with Gasteiger partial charge in [-0.2, -0.15) is 0 Å². The van der Waals surface area contributed by atoms with Crippen molar-refractivity contribution in [3.05, 3.63) is 24.8 Å². The average molecular weight is 176 g/mol. The molecule has 0 bridgehead atoms. The number of hydrogen-bond acceptors (Lipinski definition) is 1. The Balaban J connectivity index is 1.99. The number of hydrogen-bond donors (Lipinski definition) is 1. The van der Waals surface area contributed by atoms with Crippen molar-refractivity contribution in [1.82, 2.24) is 0 Å². The zero-order chi connectivity index (χ0) is 9.05. The summed E-state index contributed by atoms with van der Waals surface area (Å²) in [6, 6.07) is 0. The second kappa shape index (κ2) is 2.27. The van der Waals surface area contributed by atoms with Crippen LogP contribution in [-0.4, -0.2) is 11.2 Å². The van der Waals surface area contributed by atoms with Crippen LogP contribution < -0.4 is 0 Å². The molecule has 1 N–H and O–H groups in total. The molecule has 2 saturated carbocycles. The van der Waals surface area contributed by atoms with Crippen molar-refractivity contribution >= 4 is 0 Å². The summed E-state index contributed by atoms with van der Waals surface area (Å²) in [5.74, 6) is 2.03. The molecule has 5 atom stereocenters. The molecular formula is C12H16O. The maximum atomic E-state index is 9.97. The Morgan fingerprint density at radius 3 is 2.85 bits per heavy atom. The van der Waals surface area contributed by atoms with E-state index in [0.29, 0.717) is 11.8 Å². The van der Waals surface area contributed by atoms with Crippen LogP contribution >= 0.6 is 0 Å². The molecule has 70 valence electrons. The Labute approximate surface area is 79.2 Å². The van der Waals surface area contributed by atoms with E-state index in [1.807, 2.05) is 6.08 Å². The monoisotopic (exact) mass is 176 g/mol. The highest BCUT2D eigenvalue weighted by Crippen LogP contribution is 2.67. The van der Waals surface area contributed by atoms with Gasteiger partial charge in [0.05, 0.1) is 6.10 Å². The smallest absolute Gasteiger partial charge is 0.0785 e. The van der Waals surface area contributed by atoms with E-state index in [-0.39, 0.29) is 11.5 Å². The highest BCUT2D eigenvalue weighted by molar-refractivity contribution is 5.26. The Hall–Kier alpha value is -0.560. The van der Waals surface area contributed by atoms with Gasteiger partial charge in [-0.3, -0.25) is 0 Å². The SMILES string of the molecule is C=CC1CC2C=CC(O)C23CCC13. The molecule has 1 nitrogen and oxygen atoms in total. The minimum absolute atomic E-state index is 0.166. The van der Waals surface area contributed by atoms with Gasteiger partial charge in [0.2, 0.25) is 0 Å². The number of allylic oxidation sites excluding steroid dienone is 2. The maximum absolute atomic E-state index is 9.97. The third-order valence-electron chi connectivity index (χ3n) is 4.69. The molecule has 1 spiro atoms. The second-order valence-corrected chi connectivity index (χ2v) is 4.83. The molecule has 0 aromatic heterocycles. The third-order valence-corrected chi connectivity index (χ3v) is 4.69. The number of aliphatic hydroxyl groups excluding tert-OH is 1. The molecule has 0 aliphatic heterocycles. The lowest BCUT2D eigenvalue weighted by Gasteiger charge is -2.49. The van der Waals surface area contributed by atoms with Crippen LogP contribution in [0.4, 0.5) is 0 Å². The molecule has 0 radical (unpaired) electrons. The fourth-order valence-electron chi connectivity index (χ4n) is 3.92. The van der Waals surface area contributed by atoms with Crippen molar-refractivity contribution in [1.29, 1.82) is 0 Å². The molecule has 13 heavy (non-hydrogen) atoms. The second-order valence-electron chi connectivity index (χ2n) is 4.83. The first-order valence-corrected chi connectivity index (χ1v) is 5.28. The van der Waals surface area contributed by atoms with Crippen LogP contribution in [0.15, 0.2) is 24.8 Å². The van der Waals surface area contributed by atoms with E-state index in [9.17, 15) is 5.11 Å². The van der Waals surface area contributed by atoms with Crippen LogP contribution in [0, 0.1) is 23.2 Å². The minimum atomic E-state index is -0.166. The van der Waals surface area contributed by atoms with Gasteiger partial charge in [-0.15, -0.1) is 6.58 Å². The average Bonchev–Trinajstić information content (AvgIpc) is 2.51. The summed E-state index contributed by atoms with van der Waals surface area (Å²) in [7, 11) is 0. The molecule has 0 heterocycles. The van der Waals surface area contributed by atoms with Crippen LogP contribution in [0.3, 0.4) is 0 Å². The topological polar surface area (TPSA) is 20.2 Å². The largest absolute Gasteiger partial charge is 0.388 e. The highest BCUT2D eigenvalue weighted by Gasteiger charge is 2.63. The lowest BCUT2D eigenvalue weighted by atomic mass is 9.56. The van der Waals surface area contributed by atoms with Gasteiger partial charge in [0, 0.05) is 5.41 Å². The maximum Gasteiger partial charge on any atom is 0.0785 e. The van der Waals surface area contributed by atoms with Crippen LogP contribution in [0.1, 0.15) is 19.3 Å². The molecule has 3 aliphatic rings. The molecule has 0 saturated heterocycles. The zero-order valence-corrected chi connectivity index (χ0v) is 7.82. The molecular weight excluding hydrogens is 160 g/mol. The van der Waals surface area contributed by atoms with E-state index >= 15 is 0 Å². The molecule has 2 fully saturated rings. The van der Waals surface area contributed by atoms with Gasteiger partial charge < -0.3 is 5.11 Å². The molecule has 0 amide bonds. The van der Waals surface area contributed by atoms with Crippen molar-refractivity contribution in [3.63, 3.8) is 0 Å². The lowest BCUT2D eigenvalue weighted by molar-refractivity contribution is -0.0594. The summed E-state index contributed by atoms with van der Waals surface area (Å²) < 4.78 is 0. The van der Waals surface area contributed by atoms with Crippen molar-refractivity contribution in [3.8, 4) is 0 Å². The molecule has 1 heteroatoms. The Morgan fingerprint density at radius 1 is 1.46 bits per heavy atom. The summed E-state index contributed by atoms with van der Waals surface area (Å²) in [5.41, 5.74) is 0.249. The molecule has 3 rings (SSSR count). The van der Waals surface area contributed by atoms with Crippen molar-refractivity contribution in [2.75, 3.05) is 0 Å². The van der Waals surface area contributed by atoms with Crippen molar-refractivity contribution in [2.45, 2.75) is 25.4 Å². The fraction of sp³-hybridized carbons (Fsp3) is 0.667. The summed E-state index contributed by atoms with van der Waals surface area (Å²) in [6.45, 7) is 3.90. The fourth-order valence-corrected chi connectivity index (χ4v) is 3.92. The molecule has 0 aromatic carbocycles. The van der Waals surface area contributed by atoms with E-state index < -0.39 is 0 Å². The van der Waals surface area contributed by atoms with Gasteiger partial charge in [0.15, 0.2) is 0 Å². The number of aliphatic hydroxyl groups is 1. The van der Waals surface area contributed by atoms with E-state index in [0.717, 1.165) is 5.92 Å². The van der Waals surface area contributed by atoms with Crippen molar-refractivity contribution in [2.24, 2.45) is 23.2 Å². The Kier molecular flexibility index (Phi) is 1.36. The molecule has 5 unspecified atom stereocenters. The van der Waals surface area contributed by atoms with Crippen molar-refractivity contribution < 1.29 is 5.11 Å². The van der Waals surface area contributed by atoms with Gasteiger partial charge in [-0.05, 0) is 37.0 Å². The normalized spacial score (nSPS) is 57.0. The Morgan fingerprint density at radius 2 is 2.31 bits per heavy atom. The lowest BCUT2D eigenvalue weighted by Crippen LogP contribution is -2.47. The molecule has 3 aliphatic carbocycles. The Bertz CT molecular complexity index is 281. The standard InChI is InChI=1S/C12H16O/c1-2-8-7-9-3-4-11(13)12(9)6-5-10(8)12/h2-4,8-11,13H,1,5-7H2. The number of rotatable bonds is 1. The van der Waals surface area contributed by atoms with Crippen LogP contribution in [0.5, 0.6) is 0 Å². The summed E-state index contributed by atoms with van der Waals surface area (Å²) in [5, 5.41) is 9.97. The molecule has 0 aromatic rings. The van der Waals surface area contributed by atoms with E-state index in [1.165, 1.54) is 19.3 Å². The van der Waals surface area contributed by atoms with Crippen LogP contribution in [0.2, 0.25) is 0 Å². The third kappa shape index (κ3) is 0.690. The highest BCUT2D eigenvalue weighted by atomic mass is 16.3. The van der Waals surface area contributed by atoms with E-state index in [1.54, 1.807) is 0 Å². The van der Waals surface area contributed by atoms with Gasteiger partial charge in [0.25, 0.3) is 0 Å². The van der Waals surface area contributed by atoms with E-state index in [4.69, 9.17) is 0 Å². The predicted molar refractivity (Wildman–Crippen MR) is 52.1 cm³/mol. The van der Waals surface area contributed by atoms with Gasteiger partial charge in [0.1, 0.15) is 0 Å². The van der Waals surface area contributed by atoms with Crippen LogP contribution in [0.25, 0.3) is 0 Å². The summed E-state index contributed by atoms with van der Waals surface area (Å²) >= 11 is 0. The zero-order valence-electron chi connectivity index (χ0n) is 7.82.